The van der Waals surface area contributed by atoms with Crippen molar-refractivity contribution in [1.82, 2.24) is 4.90 Å². The SMILES string of the molecule is COc1ccc([N+](=O)[O-])cc1CN1CC(CN)CC1C.Cl. The molecule has 0 spiro atoms. The van der Waals surface area contributed by atoms with E-state index < -0.39 is 0 Å². The van der Waals surface area contributed by atoms with Gasteiger partial charge in [-0.3, -0.25) is 15.0 Å². The van der Waals surface area contributed by atoms with Gasteiger partial charge in [0.15, 0.2) is 0 Å². The first-order chi connectivity index (χ1) is 9.55. The summed E-state index contributed by atoms with van der Waals surface area (Å²) < 4.78 is 5.30. The first-order valence-electron chi connectivity index (χ1n) is 6.80. The van der Waals surface area contributed by atoms with E-state index in [9.17, 15) is 10.1 Å². The number of methoxy groups -OCH3 is 1. The number of ether oxygens (including phenoxy) is 1. The summed E-state index contributed by atoms with van der Waals surface area (Å²) >= 11 is 0. The van der Waals surface area contributed by atoms with Gasteiger partial charge in [0.05, 0.1) is 12.0 Å². The van der Waals surface area contributed by atoms with Crippen molar-refractivity contribution in [2.75, 3.05) is 20.2 Å². The van der Waals surface area contributed by atoms with Gasteiger partial charge in [-0.05, 0) is 31.9 Å². The highest BCUT2D eigenvalue weighted by Gasteiger charge is 2.28. The molecule has 1 aromatic carbocycles. The van der Waals surface area contributed by atoms with Crippen molar-refractivity contribution >= 4 is 18.1 Å². The predicted octanol–water partition coefficient (Wildman–Crippen LogP) is 2.19. The number of rotatable bonds is 5. The molecule has 2 N–H and O–H groups in total. The molecule has 2 unspecified atom stereocenters. The average Bonchev–Trinajstić information content (AvgIpc) is 2.79. The van der Waals surface area contributed by atoms with Crippen LogP contribution in [0.15, 0.2) is 18.2 Å². The van der Waals surface area contributed by atoms with Gasteiger partial charge in [-0.2, -0.15) is 0 Å². The Hall–Kier alpha value is -1.37. The Bertz CT molecular complexity index is 498. The average molecular weight is 316 g/mol. The Morgan fingerprint density at radius 3 is 2.76 bits per heavy atom. The van der Waals surface area contributed by atoms with E-state index >= 15 is 0 Å². The Balaban J connectivity index is 0.00000220. The summed E-state index contributed by atoms with van der Waals surface area (Å²) in [6.45, 7) is 4.44. The molecule has 0 amide bonds. The van der Waals surface area contributed by atoms with Gasteiger partial charge in [0.1, 0.15) is 5.75 Å². The van der Waals surface area contributed by atoms with E-state index in [2.05, 4.69) is 11.8 Å². The number of nitrogens with two attached hydrogens (primary N) is 1. The normalized spacial score (nSPS) is 21.9. The second-order valence-corrected chi connectivity index (χ2v) is 5.37. The van der Waals surface area contributed by atoms with E-state index in [-0.39, 0.29) is 23.0 Å². The van der Waals surface area contributed by atoms with Crippen molar-refractivity contribution in [3.05, 3.63) is 33.9 Å². The molecule has 0 bridgehead atoms. The highest BCUT2D eigenvalue weighted by Crippen LogP contribution is 2.29. The summed E-state index contributed by atoms with van der Waals surface area (Å²) in [6.07, 6.45) is 1.08. The molecule has 0 aromatic heterocycles. The molecule has 118 valence electrons. The van der Waals surface area contributed by atoms with Crippen molar-refractivity contribution in [1.29, 1.82) is 0 Å². The number of hydrogen-bond donors (Lipinski definition) is 1. The Kier molecular flexibility index (Phi) is 6.39. The number of nitro groups is 1. The molecule has 0 saturated carbocycles. The lowest BCUT2D eigenvalue weighted by Gasteiger charge is -2.22. The van der Waals surface area contributed by atoms with E-state index in [1.165, 1.54) is 6.07 Å². The number of nitrogens with zero attached hydrogens (tertiary/aromatic N) is 2. The van der Waals surface area contributed by atoms with Gasteiger partial charge in [-0.1, -0.05) is 0 Å². The largest absolute Gasteiger partial charge is 0.496 e. The Morgan fingerprint density at radius 1 is 1.52 bits per heavy atom. The Labute approximate surface area is 130 Å². The molecule has 7 heteroatoms. The van der Waals surface area contributed by atoms with Crippen molar-refractivity contribution in [3.8, 4) is 5.75 Å². The Morgan fingerprint density at radius 2 is 2.24 bits per heavy atom. The first kappa shape index (κ1) is 17.7. The zero-order chi connectivity index (χ0) is 14.7. The molecule has 0 aliphatic carbocycles. The van der Waals surface area contributed by atoms with Crippen LogP contribution in [0, 0.1) is 16.0 Å². The van der Waals surface area contributed by atoms with E-state index in [0.29, 0.717) is 30.8 Å². The van der Waals surface area contributed by atoms with Crippen LogP contribution in [0.3, 0.4) is 0 Å². The lowest BCUT2D eigenvalue weighted by atomic mass is 10.1. The highest BCUT2D eigenvalue weighted by molar-refractivity contribution is 5.85. The molecule has 1 aromatic rings. The van der Waals surface area contributed by atoms with Gasteiger partial charge in [0.25, 0.3) is 5.69 Å². The highest BCUT2D eigenvalue weighted by atomic mass is 35.5. The first-order valence-corrected chi connectivity index (χ1v) is 6.80. The van der Waals surface area contributed by atoms with Crippen molar-refractivity contribution in [2.45, 2.75) is 25.9 Å². The van der Waals surface area contributed by atoms with E-state index in [1.54, 1.807) is 19.2 Å². The lowest BCUT2D eigenvalue weighted by Crippen LogP contribution is -2.27. The summed E-state index contributed by atoms with van der Waals surface area (Å²) in [7, 11) is 1.58. The van der Waals surface area contributed by atoms with Gasteiger partial charge in [0.2, 0.25) is 0 Å². The fraction of sp³-hybridized carbons (Fsp3) is 0.571. The van der Waals surface area contributed by atoms with Crippen LogP contribution in [0.5, 0.6) is 5.75 Å². The third-order valence-corrected chi connectivity index (χ3v) is 3.97. The topological polar surface area (TPSA) is 81.6 Å². The van der Waals surface area contributed by atoms with Crippen LogP contribution in [-0.4, -0.2) is 36.1 Å². The molecule has 1 fully saturated rings. The smallest absolute Gasteiger partial charge is 0.270 e. The van der Waals surface area contributed by atoms with E-state index in [1.807, 2.05) is 0 Å². The molecule has 6 nitrogen and oxygen atoms in total. The molecule has 0 radical (unpaired) electrons. The number of likely N-dealkylation sites (tertiary alicyclic amines) is 1. The summed E-state index contributed by atoms with van der Waals surface area (Å²) in [5, 5.41) is 10.9. The van der Waals surface area contributed by atoms with Crippen molar-refractivity contribution in [3.63, 3.8) is 0 Å². The fourth-order valence-corrected chi connectivity index (χ4v) is 2.83. The molecule has 1 heterocycles. The van der Waals surface area contributed by atoms with Crippen LogP contribution in [0.1, 0.15) is 18.9 Å². The number of nitro benzene ring substituents is 1. The minimum Gasteiger partial charge on any atom is -0.496 e. The van der Waals surface area contributed by atoms with Gasteiger partial charge in [-0.25, -0.2) is 0 Å². The lowest BCUT2D eigenvalue weighted by molar-refractivity contribution is -0.385. The quantitative estimate of drug-likeness (QED) is 0.665. The van der Waals surface area contributed by atoms with Crippen LogP contribution in [0.25, 0.3) is 0 Å². The minimum absolute atomic E-state index is 0. The second kappa shape index (κ2) is 7.59. The number of non-ortho nitro benzene ring substituents is 1. The van der Waals surface area contributed by atoms with Gasteiger partial charge >= 0.3 is 0 Å². The monoisotopic (exact) mass is 315 g/mol. The van der Waals surface area contributed by atoms with Crippen molar-refractivity contribution < 1.29 is 9.66 Å². The predicted molar refractivity (Wildman–Crippen MR) is 83.9 cm³/mol. The molecule has 1 saturated heterocycles. The zero-order valence-electron chi connectivity index (χ0n) is 12.3. The number of benzene rings is 1. The molecule has 2 rings (SSSR count). The number of halogens is 1. The van der Waals surface area contributed by atoms with Crippen LogP contribution in [0.2, 0.25) is 0 Å². The standard InChI is InChI=1S/C14H21N3O3.ClH/c1-10-5-11(7-15)8-16(10)9-12-6-13(17(18)19)3-4-14(12)20-2;/h3-4,6,10-11H,5,7-9,15H2,1-2H3;1H. The van der Waals surface area contributed by atoms with Crippen LogP contribution in [-0.2, 0) is 6.54 Å². The molecular formula is C14H22ClN3O3. The van der Waals surface area contributed by atoms with Gasteiger partial charge in [-0.15, -0.1) is 12.4 Å². The maximum Gasteiger partial charge on any atom is 0.270 e. The third-order valence-electron chi connectivity index (χ3n) is 3.97. The summed E-state index contributed by atoms with van der Waals surface area (Å²) in [6, 6.07) is 5.17. The summed E-state index contributed by atoms with van der Waals surface area (Å²) in [5.41, 5.74) is 6.68. The maximum absolute atomic E-state index is 10.9. The third kappa shape index (κ3) is 4.06. The van der Waals surface area contributed by atoms with Crippen molar-refractivity contribution in [2.24, 2.45) is 11.7 Å². The van der Waals surface area contributed by atoms with Crippen LogP contribution < -0.4 is 10.5 Å². The molecular weight excluding hydrogens is 294 g/mol. The molecule has 1 aliphatic rings. The van der Waals surface area contributed by atoms with Crippen LogP contribution >= 0.6 is 12.4 Å². The fourth-order valence-electron chi connectivity index (χ4n) is 2.83. The van der Waals surface area contributed by atoms with Gasteiger partial charge < -0.3 is 10.5 Å². The second-order valence-electron chi connectivity index (χ2n) is 5.37. The minimum atomic E-state index is -0.376. The van der Waals surface area contributed by atoms with E-state index in [4.69, 9.17) is 10.5 Å². The summed E-state index contributed by atoms with van der Waals surface area (Å²) in [5.74, 6) is 1.20. The number of hydrogen-bond acceptors (Lipinski definition) is 5. The van der Waals surface area contributed by atoms with Gasteiger partial charge in [0, 0.05) is 36.8 Å². The van der Waals surface area contributed by atoms with E-state index in [0.717, 1.165) is 18.5 Å². The molecule has 21 heavy (non-hydrogen) atoms. The zero-order valence-corrected chi connectivity index (χ0v) is 13.1. The molecule has 2 atom stereocenters. The molecule has 1 aliphatic heterocycles. The van der Waals surface area contributed by atoms with Crippen LogP contribution in [0.4, 0.5) is 5.69 Å². The summed E-state index contributed by atoms with van der Waals surface area (Å²) in [4.78, 5) is 12.8. The maximum atomic E-state index is 10.9.